The molecule has 2 heterocycles. The summed E-state index contributed by atoms with van der Waals surface area (Å²) in [5.41, 5.74) is 2.16. The third-order valence-electron chi connectivity index (χ3n) is 2.78. The molecule has 0 spiro atoms. The molecule has 1 aromatic heterocycles. The monoisotopic (exact) mass is 245 g/mol. The molecule has 0 atom stereocenters. The van der Waals surface area contributed by atoms with E-state index in [1.54, 1.807) is 11.3 Å². The van der Waals surface area contributed by atoms with Crippen LogP contribution in [-0.2, 0) is 4.74 Å². The molecule has 1 saturated heterocycles. The third-order valence-corrected chi connectivity index (χ3v) is 3.68. The first-order chi connectivity index (χ1) is 8.43. The third kappa shape index (κ3) is 2.33. The van der Waals surface area contributed by atoms with Crippen molar-refractivity contribution in [1.29, 1.82) is 0 Å². The predicted octanol–water partition coefficient (Wildman–Crippen LogP) is 2.45. The molecule has 1 radical (unpaired) electrons. The van der Waals surface area contributed by atoms with Gasteiger partial charge in [0.15, 0.2) is 5.13 Å². The van der Waals surface area contributed by atoms with Crippen LogP contribution in [0, 0.1) is 6.07 Å². The summed E-state index contributed by atoms with van der Waals surface area (Å²) in [6.45, 7) is 3.48. The highest BCUT2D eigenvalue weighted by Gasteiger charge is 2.14. The van der Waals surface area contributed by atoms with Gasteiger partial charge in [0, 0.05) is 24.0 Å². The van der Waals surface area contributed by atoms with E-state index in [1.165, 1.54) is 0 Å². The van der Waals surface area contributed by atoms with Crippen molar-refractivity contribution in [2.45, 2.75) is 0 Å². The summed E-state index contributed by atoms with van der Waals surface area (Å²) in [5, 5.41) is 3.20. The lowest BCUT2D eigenvalue weighted by molar-refractivity contribution is 0.122. The van der Waals surface area contributed by atoms with Crippen molar-refractivity contribution in [2.75, 3.05) is 31.2 Å². The second-order valence-electron chi connectivity index (χ2n) is 3.91. The topological polar surface area (TPSA) is 25.4 Å². The maximum absolute atomic E-state index is 5.34. The van der Waals surface area contributed by atoms with Crippen molar-refractivity contribution in [2.24, 2.45) is 0 Å². The SMILES string of the molecule is [c]1cccc(-c2csc(N3CCOCC3)n2)c1. The number of hydrogen-bond acceptors (Lipinski definition) is 4. The number of hydrogen-bond donors (Lipinski definition) is 0. The van der Waals surface area contributed by atoms with E-state index < -0.39 is 0 Å². The summed E-state index contributed by atoms with van der Waals surface area (Å²) in [7, 11) is 0. The number of anilines is 1. The zero-order chi connectivity index (χ0) is 11.5. The highest BCUT2D eigenvalue weighted by Crippen LogP contribution is 2.27. The molecular formula is C13H13N2OS. The number of thiazole rings is 1. The van der Waals surface area contributed by atoms with E-state index in [1.807, 2.05) is 18.2 Å². The molecule has 2 aromatic rings. The van der Waals surface area contributed by atoms with Gasteiger partial charge in [-0.2, -0.15) is 0 Å². The van der Waals surface area contributed by atoms with Gasteiger partial charge in [0.1, 0.15) is 0 Å². The Labute approximate surface area is 105 Å². The summed E-state index contributed by atoms with van der Waals surface area (Å²) in [6.07, 6.45) is 0. The fraction of sp³-hybridized carbons (Fsp3) is 0.308. The number of ether oxygens (including phenoxy) is 1. The van der Waals surface area contributed by atoms with Gasteiger partial charge in [-0.05, 0) is 12.1 Å². The largest absolute Gasteiger partial charge is 0.378 e. The van der Waals surface area contributed by atoms with Crippen LogP contribution in [0.1, 0.15) is 0 Å². The maximum atomic E-state index is 5.34. The normalized spacial score (nSPS) is 16.1. The molecule has 1 aliphatic heterocycles. The van der Waals surface area contributed by atoms with E-state index >= 15 is 0 Å². The Hall–Kier alpha value is -1.39. The summed E-state index contributed by atoms with van der Waals surface area (Å²) < 4.78 is 5.34. The van der Waals surface area contributed by atoms with E-state index in [9.17, 15) is 0 Å². The zero-order valence-corrected chi connectivity index (χ0v) is 10.2. The predicted molar refractivity (Wildman–Crippen MR) is 69.4 cm³/mol. The smallest absolute Gasteiger partial charge is 0.186 e. The van der Waals surface area contributed by atoms with Crippen molar-refractivity contribution in [3.8, 4) is 11.3 Å². The van der Waals surface area contributed by atoms with Gasteiger partial charge in [-0.1, -0.05) is 18.2 Å². The summed E-state index contributed by atoms with van der Waals surface area (Å²) in [6, 6.07) is 11.0. The van der Waals surface area contributed by atoms with Crippen LogP contribution in [0.15, 0.2) is 29.6 Å². The van der Waals surface area contributed by atoms with Crippen LogP contribution in [0.3, 0.4) is 0 Å². The van der Waals surface area contributed by atoms with Crippen molar-refractivity contribution in [3.05, 3.63) is 35.7 Å². The number of rotatable bonds is 2. The molecule has 87 valence electrons. The lowest BCUT2D eigenvalue weighted by atomic mass is 10.2. The quantitative estimate of drug-likeness (QED) is 0.812. The van der Waals surface area contributed by atoms with Gasteiger partial charge in [-0.25, -0.2) is 4.98 Å². The summed E-state index contributed by atoms with van der Waals surface area (Å²) in [5.74, 6) is 0. The van der Waals surface area contributed by atoms with Crippen molar-refractivity contribution >= 4 is 16.5 Å². The molecule has 0 unspecified atom stereocenters. The molecular weight excluding hydrogens is 232 g/mol. The number of aromatic nitrogens is 1. The van der Waals surface area contributed by atoms with Crippen LogP contribution in [-0.4, -0.2) is 31.3 Å². The summed E-state index contributed by atoms with van der Waals surface area (Å²) >= 11 is 1.70. The number of morpholine rings is 1. The second-order valence-corrected chi connectivity index (χ2v) is 4.74. The molecule has 0 bridgehead atoms. The Morgan fingerprint density at radius 2 is 2.24 bits per heavy atom. The minimum Gasteiger partial charge on any atom is -0.378 e. The molecule has 17 heavy (non-hydrogen) atoms. The Balaban J connectivity index is 1.83. The standard InChI is InChI=1S/C13H13N2OS/c1-2-4-11(5-3-1)12-10-17-13(14-12)15-6-8-16-9-7-15/h1-2,4-5,10H,6-9H2. The highest BCUT2D eigenvalue weighted by molar-refractivity contribution is 7.14. The van der Waals surface area contributed by atoms with Crippen molar-refractivity contribution in [1.82, 2.24) is 4.98 Å². The molecule has 3 nitrogen and oxygen atoms in total. The molecule has 3 rings (SSSR count). The second kappa shape index (κ2) is 4.85. The van der Waals surface area contributed by atoms with Gasteiger partial charge in [0.25, 0.3) is 0 Å². The van der Waals surface area contributed by atoms with Crippen LogP contribution in [0.5, 0.6) is 0 Å². The van der Waals surface area contributed by atoms with Gasteiger partial charge in [-0.3, -0.25) is 0 Å². The van der Waals surface area contributed by atoms with Crippen LogP contribution in [0.4, 0.5) is 5.13 Å². The lowest BCUT2D eigenvalue weighted by Crippen LogP contribution is -2.36. The van der Waals surface area contributed by atoms with E-state index in [2.05, 4.69) is 27.4 Å². The minimum atomic E-state index is 0.800. The van der Waals surface area contributed by atoms with Gasteiger partial charge in [-0.15, -0.1) is 11.3 Å². The molecule has 4 heteroatoms. The van der Waals surface area contributed by atoms with E-state index in [0.717, 1.165) is 42.7 Å². The molecule has 1 aromatic carbocycles. The Morgan fingerprint density at radius 1 is 1.35 bits per heavy atom. The fourth-order valence-electron chi connectivity index (χ4n) is 1.85. The van der Waals surface area contributed by atoms with Crippen LogP contribution in [0.2, 0.25) is 0 Å². The fourth-order valence-corrected chi connectivity index (χ4v) is 2.74. The Kier molecular flexibility index (Phi) is 3.07. The minimum absolute atomic E-state index is 0.800. The first-order valence-electron chi connectivity index (χ1n) is 5.68. The van der Waals surface area contributed by atoms with Crippen molar-refractivity contribution < 1.29 is 4.74 Å². The molecule has 1 aliphatic rings. The van der Waals surface area contributed by atoms with Crippen LogP contribution >= 0.6 is 11.3 Å². The Morgan fingerprint density at radius 3 is 3.00 bits per heavy atom. The van der Waals surface area contributed by atoms with E-state index in [4.69, 9.17) is 4.74 Å². The van der Waals surface area contributed by atoms with Crippen LogP contribution in [0.25, 0.3) is 11.3 Å². The van der Waals surface area contributed by atoms with Crippen LogP contribution < -0.4 is 4.90 Å². The maximum Gasteiger partial charge on any atom is 0.186 e. The molecule has 0 saturated carbocycles. The highest BCUT2D eigenvalue weighted by atomic mass is 32.1. The lowest BCUT2D eigenvalue weighted by Gasteiger charge is -2.26. The average molecular weight is 245 g/mol. The van der Waals surface area contributed by atoms with E-state index in [-0.39, 0.29) is 0 Å². The molecule has 0 amide bonds. The van der Waals surface area contributed by atoms with Gasteiger partial charge < -0.3 is 9.64 Å². The number of benzene rings is 1. The zero-order valence-electron chi connectivity index (χ0n) is 9.43. The van der Waals surface area contributed by atoms with Gasteiger partial charge in [0.2, 0.25) is 0 Å². The molecule has 1 fully saturated rings. The van der Waals surface area contributed by atoms with Crippen molar-refractivity contribution in [3.63, 3.8) is 0 Å². The van der Waals surface area contributed by atoms with Gasteiger partial charge in [0.05, 0.1) is 18.9 Å². The average Bonchev–Trinajstić information content (AvgIpc) is 2.90. The first-order valence-corrected chi connectivity index (χ1v) is 6.56. The first kappa shape index (κ1) is 10.7. The molecule has 0 aliphatic carbocycles. The Bertz CT molecular complexity index is 477. The number of nitrogens with zero attached hydrogens (tertiary/aromatic N) is 2. The summed E-state index contributed by atoms with van der Waals surface area (Å²) in [4.78, 5) is 6.96. The van der Waals surface area contributed by atoms with E-state index in [0.29, 0.717) is 0 Å². The van der Waals surface area contributed by atoms with Gasteiger partial charge >= 0.3 is 0 Å². The molecule has 0 N–H and O–H groups in total.